The molecule has 0 aromatic heterocycles. The fraction of sp³-hybridized carbons (Fsp3) is 0.171. The van der Waals surface area contributed by atoms with Crippen LogP contribution in [0.5, 0.6) is 0 Å². The Morgan fingerprint density at radius 1 is 0.608 bits per heavy atom. The third-order valence-corrected chi connectivity index (χ3v) is 9.09. The highest BCUT2D eigenvalue weighted by Gasteiger charge is 2.36. The average molecular weight is 680 g/mol. The predicted octanol–water partition coefficient (Wildman–Crippen LogP) is 7.50. The van der Waals surface area contributed by atoms with E-state index >= 15 is 0 Å². The molecule has 10 nitrogen and oxygen atoms in total. The summed E-state index contributed by atoms with van der Waals surface area (Å²) in [6.45, 7) is 1.88. The summed E-state index contributed by atoms with van der Waals surface area (Å²) in [5, 5.41) is 8.71. The first kappa shape index (κ1) is 33.1. The normalized spacial score (nSPS) is 14.3. The Morgan fingerprint density at radius 2 is 1.18 bits per heavy atom. The first-order valence-corrected chi connectivity index (χ1v) is 16.9. The Labute approximate surface area is 296 Å². The van der Waals surface area contributed by atoms with Gasteiger partial charge in [-0.3, -0.25) is 9.69 Å². The van der Waals surface area contributed by atoms with Gasteiger partial charge in [-0.05, 0) is 83.6 Å². The molecule has 2 heterocycles. The Hall–Kier alpha value is -6.42. The van der Waals surface area contributed by atoms with Gasteiger partial charge in [0, 0.05) is 42.1 Å². The van der Waals surface area contributed by atoms with Crippen LogP contribution < -0.4 is 16.0 Å². The minimum atomic E-state index is -0.953. The van der Waals surface area contributed by atoms with E-state index in [0.29, 0.717) is 36.6 Å². The molecule has 5 amide bonds. The molecule has 2 aliphatic rings. The van der Waals surface area contributed by atoms with Crippen molar-refractivity contribution in [2.24, 2.45) is 0 Å². The molecule has 3 N–H and O–H groups in total. The molecular weight excluding hydrogens is 642 g/mol. The summed E-state index contributed by atoms with van der Waals surface area (Å²) < 4.78 is 5.94. The van der Waals surface area contributed by atoms with E-state index < -0.39 is 18.2 Å². The number of amides is 5. The molecule has 0 bridgehead atoms. The molecule has 0 fully saturated rings. The number of fused-ring (bicyclic) bond motifs is 2. The van der Waals surface area contributed by atoms with E-state index in [1.54, 1.807) is 53.4 Å². The van der Waals surface area contributed by atoms with E-state index in [1.165, 1.54) is 10.5 Å². The molecule has 0 aliphatic carbocycles. The molecule has 10 heteroatoms. The molecular formula is C41H37N5O5. The van der Waals surface area contributed by atoms with Crippen molar-refractivity contribution in [1.82, 2.24) is 15.1 Å². The fourth-order valence-corrected chi connectivity index (χ4v) is 6.34. The lowest BCUT2D eigenvalue weighted by molar-refractivity contribution is -0.00975. The van der Waals surface area contributed by atoms with E-state index in [1.807, 2.05) is 66.7 Å². The molecule has 0 saturated carbocycles. The minimum Gasteiger partial charge on any atom is -0.433 e. The van der Waals surface area contributed by atoms with E-state index in [0.717, 1.165) is 35.1 Å². The second kappa shape index (κ2) is 15.0. The first-order valence-electron chi connectivity index (χ1n) is 16.9. The summed E-state index contributed by atoms with van der Waals surface area (Å²) >= 11 is 0. The highest BCUT2D eigenvalue weighted by atomic mass is 16.6. The van der Waals surface area contributed by atoms with Gasteiger partial charge >= 0.3 is 18.0 Å². The number of esters is 1. The molecule has 5 aromatic carbocycles. The molecule has 1 unspecified atom stereocenters. The van der Waals surface area contributed by atoms with Crippen LogP contribution in [-0.4, -0.2) is 40.3 Å². The van der Waals surface area contributed by atoms with E-state index in [4.69, 9.17) is 4.74 Å². The zero-order valence-electron chi connectivity index (χ0n) is 27.9. The van der Waals surface area contributed by atoms with Gasteiger partial charge in [-0.25, -0.2) is 14.4 Å². The number of hydrogen-bond acceptors (Lipinski definition) is 5. The second-order valence-electron chi connectivity index (χ2n) is 12.6. The van der Waals surface area contributed by atoms with Gasteiger partial charge in [0.2, 0.25) is 6.23 Å². The fourth-order valence-electron chi connectivity index (χ4n) is 6.34. The molecule has 51 heavy (non-hydrogen) atoms. The van der Waals surface area contributed by atoms with Crippen molar-refractivity contribution in [3.8, 4) is 0 Å². The number of anilines is 2. The van der Waals surface area contributed by atoms with Gasteiger partial charge in [0.1, 0.15) is 0 Å². The number of urea groups is 2. The van der Waals surface area contributed by atoms with Crippen molar-refractivity contribution in [2.45, 2.75) is 38.7 Å². The number of aryl methyl sites for hydroxylation is 1. The maximum Gasteiger partial charge on any atom is 0.340 e. The zero-order valence-corrected chi connectivity index (χ0v) is 27.9. The summed E-state index contributed by atoms with van der Waals surface area (Å²) in [6.07, 6.45) is 0.752. The highest BCUT2D eigenvalue weighted by Crippen LogP contribution is 2.36. The number of nitrogens with one attached hydrogen (secondary N) is 3. The number of ether oxygens (including phenoxy) is 1. The standard InChI is InChI=1S/C41H37N5O5/c47-37(42-24-8-11-28-9-2-1-3-10-28)29-16-20-35(21-17-29)44-41(50)46-27-33-14-6-7-15-36(33)38(46)51-39(48)30-18-22-34(23-19-30)43-40(49)45-25-31-12-4-5-13-32(31)26-45/h1-7,9-10,12-23,38H,8,11,24-27H2,(H,42,47)(H,43,49)(H,44,50). The summed E-state index contributed by atoms with van der Waals surface area (Å²) in [4.78, 5) is 55.6. The number of benzene rings is 5. The maximum atomic E-state index is 13.6. The number of carbonyl (C=O) groups excluding carboxylic acids is 4. The van der Waals surface area contributed by atoms with Crippen molar-refractivity contribution in [3.63, 3.8) is 0 Å². The van der Waals surface area contributed by atoms with Crippen LogP contribution in [0.1, 0.15) is 61.2 Å². The Kier molecular flexibility index (Phi) is 9.73. The molecule has 0 spiro atoms. The van der Waals surface area contributed by atoms with Crippen LogP contribution in [0.15, 0.2) is 127 Å². The lowest BCUT2D eigenvalue weighted by Gasteiger charge is -2.25. The van der Waals surface area contributed by atoms with Crippen molar-refractivity contribution < 1.29 is 23.9 Å². The van der Waals surface area contributed by atoms with Gasteiger partial charge in [-0.2, -0.15) is 0 Å². The zero-order chi connectivity index (χ0) is 35.2. The van der Waals surface area contributed by atoms with Crippen LogP contribution in [0.25, 0.3) is 0 Å². The van der Waals surface area contributed by atoms with Crippen LogP contribution in [0.4, 0.5) is 21.0 Å². The topological polar surface area (TPSA) is 120 Å². The predicted molar refractivity (Wildman–Crippen MR) is 194 cm³/mol. The SMILES string of the molecule is O=C(NCCCc1ccccc1)c1ccc(NC(=O)N2Cc3ccccc3C2OC(=O)c2ccc(NC(=O)N3Cc4ccccc4C3)cc2)cc1. The number of rotatable bonds is 9. The van der Waals surface area contributed by atoms with Crippen molar-refractivity contribution >= 4 is 35.3 Å². The summed E-state index contributed by atoms with van der Waals surface area (Å²) in [7, 11) is 0. The highest BCUT2D eigenvalue weighted by molar-refractivity contribution is 5.96. The van der Waals surface area contributed by atoms with Gasteiger partial charge in [-0.1, -0.05) is 78.9 Å². The third kappa shape index (κ3) is 7.75. The number of nitrogens with zero attached hydrogens (tertiary/aromatic N) is 2. The maximum absolute atomic E-state index is 13.6. The summed E-state index contributed by atoms with van der Waals surface area (Å²) in [5.74, 6) is -0.794. The molecule has 7 rings (SSSR count). The van der Waals surface area contributed by atoms with Crippen LogP contribution in [0, 0.1) is 0 Å². The number of carbonyl (C=O) groups is 4. The Bertz CT molecular complexity index is 2020. The molecule has 256 valence electrons. The molecule has 2 aliphatic heterocycles. The van der Waals surface area contributed by atoms with Crippen LogP contribution in [-0.2, 0) is 30.8 Å². The molecule has 5 aromatic rings. The lowest BCUT2D eigenvalue weighted by Crippen LogP contribution is -2.35. The van der Waals surface area contributed by atoms with Crippen LogP contribution in [0.2, 0.25) is 0 Å². The molecule has 1 atom stereocenters. The summed E-state index contributed by atoms with van der Waals surface area (Å²) in [6, 6.07) is 38.0. The van der Waals surface area contributed by atoms with Crippen LogP contribution >= 0.6 is 0 Å². The Morgan fingerprint density at radius 3 is 1.84 bits per heavy atom. The van der Waals surface area contributed by atoms with E-state index in [2.05, 4.69) is 28.1 Å². The molecule has 0 saturated heterocycles. The average Bonchev–Trinajstić information content (AvgIpc) is 3.77. The van der Waals surface area contributed by atoms with Crippen LogP contribution in [0.3, 0.4) is 0 Å². The molecule has 0 radical (unpaired) electrons. The first-order chi connectivity index (χ1) is 24.9. The lowest BCUT2D eigenvalue weighted by atomic mass is 10.1. The van der Waals surface area contributed by atoms with E-state index in [9.17, 15) is 19.2 Å². The quantitative estimate of drug-likeness (QED) is 0.110. The third-order valence-electron chi connectivity index (χ3n) is 9.09. The smallest absolute Gasteiger partial charge is 0.340 e. The minimum absolute atomic E-state index is 0.184. The second-order valence-corrected chi connectivity index (χ2v) is 12.6. The van der Waals surface area contributed by atoms with Gasteiger partial charge in [0.05, 0.1) is 12.1 Å². The van der Waals surface area contributed by atoms with E-state index in [-0.39, 0.29) is 24.0 Å². The van der Waals surface area contributed by atoms with Crippen molar-refractivity contribution in [2.75, 3.05) is 17.2 Å². The van der Waals surface area contributed by atoms with Crippen molar-refractivity contribution in [3.05, 3.63) is 166 Å². The number of hydrogen-bond donors (Lipinski definition) is 3. The van der Waals surface area contributed by atoms with Gasteiger partial charge < -0.3 is 25.6 Å². The monoisotopic (exact) mass is 679 g/mol. The Balaban J connectivity index is 0.940. The van der Waals surface area contributed by atoms with Crippen molar-refractivity contribution in [1.29, 1.82) is 0 Å². The van der Waals surface area contributed by atoms with Gasteiger partial charge in [0.25, 0.3) is 5.91 Å². The van der Waals surface area contributed by atoms with Gasteiger partial charge in [0.15, 0.2) is 0 Å². The van der Waals surface area contributed by atoms with Gasteiger partial charge in [-0.15, -0.1) is 0 Å². The largest absolute Gasteiger partial charge is 0.433 e. The summed E-state index contributed by atoms with van der Waals surface area (Å²) in [5.41, 5.74) is 6.88.